The van der Waals surface area contributed by atoms with E-state index in [0.717, 1.165) is 30.8 Å². The van der Waals surface area contributed by atoms with E-state index in [0.29, 0.717) is 12.5 Å². The molecule has 1 N–H and O–H groups in total. The molecular formula is C14H20N2O2. The van der Waals surface area contributed by atoms with Crippen molar-refractivity contribution in [1.82, 2.24) is 10.2 Å². The number of benzene rings is 1. The molecule has 4 heteroatoms. The van der Waals surface area contributed by atoms with Crippen LogP contribution in [0.15, 0.2) is 24.3 Å². The molecule has 98 valence electrons. The Morgan fingerprint density at radius 1 is 1.50 bits per heavy atom. The summed E-state index contributed by atoms with van der Waals surface area (Å²) in [6.45, 7) is 1.89. The number of likely N-dealkylation sites (N-methyl/N-ethyl adjacent to an activating group) is 1. The molecular weight excluding hydrogens is 228 g/mol. The number of hydrogen-bond acceptors (Lipinski definition) is 3. The average Bonchev–Trinajstić information content (AvgIpc) is 2.92. The van der Waals surface area contributed by atoms with Gasteiger partial charge in [0, 0.05) is 25.2 Å². The average molecular weight is 248 g/mol. The summed E-state index contributed by atoms with van der Waals surface area (Å²) in [6, 6.07) is 8.00. The Bertz CT molecular complexity index is 414. The molecule has 0 radical (unpaired) electrons. The first kappa shape index (κ1) is 12.9. The second-order valence-electron chi connectivity index (χ2n) is 4.64. The Morgan fingerprint density at radius 2 is 2.28 bits per heavy atom. The topological polar surface area (TPSA) is 41.6 Å². The van der Waals surface area contributed by atoms with Gasteiger partial charge in [-0.3, -0.25) is 4.79 Å². The number of hydrogen-bond donors (Lipinski definition) is 1. The lowest BCUT2D eigenvalue weighted by molar-refractivity contribution is -0.130. The molecule has 1 saturated heterocycles. The van der Waals surface area contributed by atoms with Gasteiger partial charge in [0.05, 0.1) is 13.5 Å². The Balaban J connectivity index is 2.01. The van der Waals surface area contributed by atoms with E-state index in [-0.39, 0.29) is 5.91 Å². The first-order valence-corrected chi connectivity index (χ1v) is 6.30. The van der Waals surface area contributed by atoms with Crippen molar-refractivity contribution in [3.05, 3.63) is 29.8 Å². The molecule has 1 atom stereocenters. The molecule has 0 aromatic heterocycles. The maximum Gasteiger partial charge on any atom is 0.227 e. The summed E-state index contributed by atoms with van der Waals surface area (Å²) in [5.41, 5.74) is 0.947. The van der Waals surface area contributed by atoms with Gasteiger partial charge >= 0.3 is 0 Å². The van der Waals surface area contributed by atoms with Gasteiger partial charge in [-0.15, -0.1) is 0 Å². The molecule has 1 aromatic rings. The zero-order chi connectivity index (χ0) is 13.0. The third kappa shape index (κ3) is 2.82. The molecule has 0 aliphatic carbocycles. The van der Waals surface area contributed by atoms with Gasteiger partial charge in [0.2, 0.25) is 5.91 Å². The predicted octanol–water partition coefficient (Wildman–Crippen LogP) is 1.06. The van der Waals surface area contributed by atoms with Crippen LogP contribution >= 0.6 is 0 Å². The maximum atomic E-state index is 12.2. The Hall–Kier alpha value is -1.55. The van der Waals surface area contributed by atoms with E-state index in [2.05, 4.69) is 5.32 Å². The van der Waals surface area contributed by atoms with E-state index in [1.54, 1.807) is 7.11 Å². The van der Waals surface area contributed by atoms with Crippen LogP contribution in [-0.2, 0) is 11.2 Å². The number of carbonyl (C=O) groups excluding carboxylic acids is 1. The van der Waals surface area contributed by atoms with Crippen LogP contribution in [0.5, 0.6) is 5.75 Å². The van der Waals surface area contributed by atoms with E-state index in [1.165, 1.54) is 0 Å². The minimum Gasteiger partial charge on any atom is -0.496 e. The summed E-state index contributed by atoms with van der Waals surface area (Å²) in [4.78, 5) is 14.1. The maximum absolute atomic E-state index is 12.2. The molecule has 1 aliphatic rings. The smallest absolute Gasteiger partial charge is 0.227 e. The highest BCUT2D eigenvalue weighted by atomic mass is 16.5. The highest BCUT2D eigenvalue weighted by Crippen LogP contribution is 2.19. The standard InChI is InChI=1S/C14H20N2O2/c1-16(12-7-8-15-10-12)14(17)9-11-5-3-4-6-13(11)18-2/h3-6,12,15H,7-10H2,1-2H3. The van der Waals surface area contributed by atoms with Crippen LogP contribution in [0.2, 0.25) is 0 Å². The van der Waals surface area contributed by atoms with Gasteiger partial charge in [0.15, 0.2) is 0 Å². The molecule has 1 aromatic carbocycles. The number of amides is 1. The van der Waals surface area contributed by atoms with E-state index in [4.69, 9.17) is 4.74 Å². The fourth-order valence-electron chi connectivity index (χ4n) is 2.31. The van der Waals surface area contributed by atoms with E-state index < -0.39 is 0 Å². The van der Waals surface area contributed by atoms with E-state index in [9.17, 15) is 4.79 Å². The van der Waals surface area contributed by atoms with Crippen LogP contribution in [0, 0.1) is 0 Å². The van der Waals surface area contributed by atoms with Gasteiger partial charge in [-0.1, -0.05) is 18.2 Å². The molecule has 1 fully saturated rings. The molecule has 1 heterocycles. The highest BCUT2D eigenvalue weighted by Gasteiger charge is 2.23. The number of nitrogens with zero attached hydrogens (tertiary/aromatic N) is 1. The molecule has 1 amide bonds. The van der Waals surface area contributed by atoms with Gasteiger partial charge in [-0.2, -0.15) is 0 Å². The highest BCUT2D eigenvalue weighted by molar-refractivity contribution is 5.79. The minimum absolute atomic E-state index is 0.146. The van der Waals surface area contributed by atoms with Crippen LogP contribution in [0.1, 0.15) is 12.0 Å². The second kappa shape index (κ2) is 5.87. The van der Waals surface area contributed by atoms with Crippen molar-refractivity contribution >= 4 is 5.91 Å². The molecule has 4 nitrogen and oxygen atoms in total. The van der Waals surface area contributed by atoms with Crippen molar-refractivity contribution in [1.29, 1.82) is 0 Å². The molecule has 1 aliphatic heterocycles. The number of methoxy groups -OCH3 is 1. The third-order valence-electron chi connectivity index (χ3n) is 3.51. The van der Waals surface area contributed by atoms with Crippen molar-refractivity contribution in [3.63, 3.8) is 0 Å². The summed E-state index contributed by atoms with van der Waals surface area (Å²) in [6.07, 6.45) is 1.44. The normalized spacial score (nSPS) is 18.7. The number of carbonyl (C=O) groups is 1. The van der Waals surface area contributed by atoms with Crippen molar-refractivity contribution in [2.75, 3.05) is 27.2 Å². The zero-order valence-electron chi connectivity index (χ0n) is 11.0. The van der Waals surface area contributed by atoms with Gasteiger partial charge in [0.1, 0.15) is 5.75 Å². The first-order chi connectivity index (χ1) is 8.72. The Morgan fingerprint density at radius 3 is 2.94 bits per heavy atom. The third-order valence-corrected chi connectivity index (χ3v) is 3.51. The van der Waals surface area contributed by atoms with Crippen LogP contribution in [0.25, 0.3) is 0 Å². The van der Waals surface area contributed by atoms with Gasteiger partial charge in [0.25, 0.3) is 0 Å². The lowest BCUT2D eigenvalue weighted by Gasteiger charge is -2.24. The summed E-state index contributed by atoms with van der Waals surface area (Å²) < 4.78 is 5.27. The fourth-order valence-corrected chi connectivity index (χ4v) is 2.31. The minimum atomic E-state index is 0.146. The van der Waals surface area contributed by atoms with E-state index >= 15 is 0 Å². The summed E-state index contributed by atoms with van der Waals surface area (Å²) in [5.74, 6) is 0.928. The van der Waals surface area contributed by atoms with Crippen molar-refractivity contribution in [3.8, 4) is 5.75 Å². The molecule has 0 saturated carbocycles. The number of ether oxygens (including phenoxy) is 1. The van der Waals surface area contributed by atoms with E-state index in [1.807, 2.05) is 36.2 Å². The summed E-state index contributed by atoms with van der Waals surface area (Å²) in [7, 11) is 3.52. The SMILES string of the molecule is COc1ccccc1CC(=O)N(C)C1CCNC1. The lowest BCUT2D eigenvalue weighted by Crippen LogP contribution is -2.39. The Kier molecular flexibility index (Phi) is 4.20. The zero-order valence-corrected chi connectivity index (χ0v) is 11.0. The van der Waals surface area contributed by atoms with Gasteiger partial charge < -0.3 is 15.0 Å². The van der Waals surface area contributed by atoms with Gasteiger partial charge in [-0.25, -0.2) is 0 Å². The number of nitrogens with one attached hydrogen (secondary N) is 1. The largest absolute Gasteiger partial charge is 0.496 e. The van der Waals surface area contributed by atoms with Crippen molar-refractivity contribution in [2.24, 2.45) is 0 Å². The van der Waals surface area contributed by atoms with Crippen molar-refractivity contribution < 1.29 is 9.53 Å². The quantitative estimate of drug-likeness (QED) is 0.866. The molecule has 0 spiro atoms. The molecule has 1 unspecified atom stereocenters. The van der Waals surface area contributed by atoms with Crippen LogP contribution in [0.4, 0.5) is 0 Å². The second-order valence-corrected chi connectivity index (χ2v) is 4.64. The lowest BCUT2D eigenvalue weighted by atomic mass is 10.1. The number of para-hydroxylation sites is 1. The summed E-state index contributed by atoms with van der Waals surface area (Å²) in [5, 5.41) is 3.28. The molecule has 2 rings (SSSR count). The Labute approximate surface area is 108 Å². The summed E-state index contributed by atoms with van der Waals surface area (Å²) >= 11 is 0. The van der Waals surface area contributed by atoms with Crippen LogP contribution < -0.4 is 10.1 Å². The van der Waals surface area contributed by atoms with Crippen molar-refractivity contribution in [2.45, 2.75) is 18.9 Å². The van der Waals surface area contributed by atoms with Crippen LogP contribution in [0.3, 0.4) is 0 Å². The van der Waals surface area contributed by atoms with Gasteiger partial charge in [-0.05, 0) is 19.0 Å². The first-order valence-electron chi connectivity index (χ1n) is 6.30. The monoisotopic (exact) mass is 248 g/mol. The molecule has 0 bridgehead atoms. The number of rotatable bonds is 4. The predicted molar refractivity (Wildman–Crippen MR) is 70.7 cm³/mol. The molecule has 18 heavy (non-hydrogen) atoms. The fraction of sp³-hybridized carbons (Fsp3) is 0.500. The van der Waals surface area contributed by atoms with Crippen LogP contribution in [-0.4, -0.2) is 44.1 Å².